The molecule has 21 nitrogen and oxygen atoms in total. The second-order valence-electron chi connectivity index (χ2n) is 16.4. The van der Waals surface area contributed by atoms with Gasteiger partial charge in [0.05, 0.1) is 58.0 Å². The van der Waals surface area contributed by atoms with Gasteiger partial charge in [0.1, 0.15) is 0 Å². The molecule has 0 aliphatic carbocycles. The molecule has 0 aromatic rings. The second kappa shape index (κ2) is 44.8. The van der Waals surface area contributed by atoms with Crippen LogP contribution in [0, 0.1) is 5.92 Å². The van der Waals surface area contributed by atoms with Crippen molar-refractivity contribution in [1.82, 2.24) is 45.3 Å². The number of piperazine rings is 6. The van der Waals surface area contributed by atoms with Gasteiger partial charge in [0, 0.05) is 170 Å². The van der Waals surface area contributed by atoms with E-state index < -0.39 is 12.2 Å². The van der Waals surface area contributed by atoms with Gasteiger partial charge < -0.3 is 77.2 Å². The predicted octanol–water partition coefficient (Wildman–Crippen LogP) is -6.12. The Morgan fingerprint density at radius 2 is 1.15 bits per heavy atom. The van der Waals surface area contributed by atoms with Gasteiger partial charge >= 0.3 is 0 Å². The quantitative estimate of drug-likeness (QED) is 0.0858. The van der Waals surface area contributed by atoms with Crippen molar-refractivity contribution in [3.8, 4) is 0 Å². The molecular formula is C43H102N9O12P. The molecule has 22 heteroatoms. The van der Waals surface area contributed by atoms with Gasteiger partial charge in [0.15, 0.2) is 0 Å². The SMILES string of the molecule is C.C.CCO.CO.OCC(O)CN1CCNC(CO)C1.OCC(O)CN1CCNCC1CO.OCC1CCCNC1.OCC1CN2CCN1CC(O)C2.OCC1CN2CCN1CC2.[2H]CP. The summed E-state index contributed by atoms with van der Waals surface area (Å²) in [4.78, 5) is 13.3. The van der Waals surface area contributed by atoms with Gasteiger partial charge in [0.2, 0.25) is 0 Å². The topological polar surface area (TPSA) is 298 Å². The van der Waals surface area contributed by atoms with Crippen LogP contribution in [-0.4, -0.2) is 331 Å². The molecule has 11 unspecified atom stereocenters. The Hall–Kier alpha value is -0.410. The Balaban J connectivity index is -0.000000721. The Kier molecular flexibility index (Phi) is 45.9. The third-order valence-corrected chi connectivity index (χ3v) is 11.7. The van der Waals surface area contributed by atoms with Crippen molar-refractivity contribution in [2.45, 2.75) is 77.1 Å². The fourth-order valence-corrected chi connectivity index (χ4v) is 8.23. The zero-order chi connectivity index (χ0) is 48.1. The summed E-state index contributed by atoms with van der Waals surface area (Å²) in [6, 6.07) is 0.841. The van der Waals surface area contributed by atoms with Crippen molar-refractivity contribution in [2.24, 2.45) is 5.92 Å². The molecule has 0 radical (unpaired) electrons. The van der Waals surface area contributed by atoms with E-state index in [1.807, 2.05) is 9.80 Å². The lowest BCUT2D eigenvalue weighted by Crippen LogP contribution is -2.61. The van der Waals surface area contributed by atoms with Gasteiger partial charge in [-0.3, -0.25) is 29.4 Å². The summed E-state index contributed by atoms with van der Waals surface area (Å²) < 4.78 is 6.17. The molecule has 0 aromatic heterocycles. The largest absolute Gasteiger partial charge is 0.400 e. The monoisotopic (exact) mass is 969 g/mol. The van der Waals surface area contributed by atoms with Crippen LogP contribution in [0.3, 0.4) is 0 Å². The van der Waals surface area contributed by atoms with E-state index in [2.05, 4.69) is 44.8 Å². The molecule has 9 rings (SSSR count). The molecule has 396 valence electrons. The highest BCUT2D eigenvalue weighted by molar-refractivity contribution is 7.15. The normalized spacial score (nSPS) is 31.2. The minimum absolute atomic E-state index is 0. The summed E-state index contributed by atoms with van der Waals surface area (Å²) in [5.74, 6) is 0.531. The van der Waals surface area contributed by atoms with Crippen LogP contribution in [0.2, 0.25) is 0 Å². The summed E-state index contributed by atoms with van der Waals surface area (Å²) in [7, 11) is 3.25. The first-order valence-electron chi connectivity index (χ1n) is 23.6. The number of aliphatic hydroxyl groups excluding tert-OH is 12. The van der Waals surface area contributed by atoms with E-state index in [1.54, 1.807) is 6.92 Å². The van der Waals surface area contributed by atoms with E-state index in [9.17, 15) is 15.3 Å². The number of fused-ring (bicyclic) bond motifs is 7. The molecular weight excluding hydrogens is 865 g/mol. The molecule has 9 heterocycles. The van der Waals surface area contributed by atoms with Crippen molar-refractivity contribution in [1.29, 1.82) is 0 Å². The molecule has 4 bridgehead atoms. The van der Waals surface area contributed by atoms with Crippen molar-refractivity contribution in [2.75, 3.05) is 198 Å². The molecule has 9 aliphatic rings. The summed E-state index contributed by atoms with van der Waals surface area (Å²) in [6.45, 7) is 21.2. The van der Waals surface area contributed by atoms with Crippen molar-refractivity contribution < 1.29 is 62.6 Å². The van der Waals surface area contributed by atoms with E-state index in [1.165, 1.54) is 25.9 Å². The first-order chi connectivity index (χ1) is 31.0. The highest BCUT2D eigenvalue weighted by Gasteiger charge is 2.33. The first kappa shape index (κ1) is 66.7. The number of rotatable bonds is 11. The van der Waals surface area contributed by atoms with Gasteiger partial charge in [-0.25, -0.2) is 0 Å². The summed E-state index contributed by atoms with van der Waals surface area (Å²) in [5.41, 5.74) is 0. The molecule has 9 saturated heterocycles. The molecule has 0 spiro atoms. The number of hydrogen-bond donors (Lipinski definition) is 15. The van der Waals surface area contributed by atoms with Crippen LogP contribution in [0.5, 0.6) is 0 Å². The molecule has 0 amide bonds. The third-order valence-electron chi connectivity index (χ3n) is 11.7. The van der Waals surface area contributed by atoms with E-state index in [0.29, 0.717) is 44.9 Å². The van der Waals surface area contributed by atoms with Crippen LogP contribution in [0.1, 0.15) is 36.0 Å². The first-order valence-corrected chi connectivity index (χ1v) is 23.7. The predicted molar refractivity (Wildman–Crippen MR) is 263 cm³/mol. The molecule has 65 heavy (non-hydrogen) atoms. The molecule has 11 atom stereocenters. The minimum Gasteiger partial charge on any atom is -0.400 e. The Morgan fingerprint density at radius 1 is 0.615 bits per heavy atom. The number of hydrogen-bond acceptors (Lipinski definition) is 21. The Morgan fingerprint density at radius 3 is 1.63 bits per heavy atom. The summed E-state index contributed by atoms with van der Waals surface area (Å²) in [5, 5.41) is 114. The molecule has 0 aromatic carbocycles. The van der Waals surface area contributed by atoms with Gasteiger partial charge in [0.25, 0.3) is 0 Å². The molecule has 15 N–H and O–H groups in total. The smallest absolute Gasteiger partial charge is 0.0897 e. The van der Waals surface area contributed by atoms with E-state index in [4.69, 9.17) is 47.3 Å². The average molecular weight is 969 g/mol. The lowest BCUT2D eigenvalue weighted by atomic mass is 10.0. The van der Waals surface area contributed by atoms with E-state index in [0.717, 1.165) is 112 Å². The lowest BCUT2D eigenvalue weighted by molar-refractivity contribution is -0.0104. The highest BCUT2D eigenvalue weighted by Crippen LogP contribution is 2.16. The highest BCUT2D eigenvalue weighted by atomic mass is 31.0. The third kappa shape index (κ3) is 30.1. The number of aliphatic hydroxyl groups is 12. The van der Waals surface area contributed by atoms with Crippen LogP contribution in [0.15, 0.2) is 0 Å². The fraction of sp³-hybridized carbons (Fsp3) is 1.00. The van der Waals surface area contributed by atoms with Crippen LogP contribution in [0.4, 0.5) is 0 Å². The lowest BCUT2D eigenvalue weighted by Gasteiger charge is -2.46. The van der Waals surface area contributed by atoms with Crippen molar-refractivity contribution >= 4 is 9.24 Å². The van der Waals surface area contributed by atoms with Crippen LogP contribution in [0.25, 0.3) is 0 Å². The fourth-order valence-electron chi connectivity index (χ4n) is 8.23. The van der Waals surface area contributed by atoms with Gasteiger partial charge in [-0.1, -0.05) is 21.5 Å². The van der Waals surface area contributed by atoms with Crippen molar-refractivity contribution in [3.05, 3.63) is 0 Å². The number of β-amino-alcohol motifs (C(OH)–C–C–N with tert-alkyl or cyclic N) is 2. The summed E-state index contributed by atoms with van der Waals surface area (Å²) >= 11 is 0. The molecule has 0 saturated carbocycles. The number of nitrogens with zero attached hydrogens (tertiary/aromatic N) is 6. The van der Waals surface area contributed by atoms with E-state index in [-0.39, 0.29) is 78.7 Å². The zero-order valence-electron chi connectivity index (χ0n) is 39.7. The average Bonchev–Trinajstić information content (AvgIpc) is 3.63. The second-order valence-corrected chi connectivity index (χ2v) is 16.4. The van der Waals surface area contributed by atoms with Crippen LogP contribution in [-0.2, 0) is 0 Å². The number of piperidine rings is 1. The minimum atomic E-state index is -0.702. The zero-order valence-corrected chi connectivity index (χ0v) is 39.8. The summed E-state index contributed by atoms with van der Waals surface area (Å²) in [6.07, 6.45) is 0.822. The maximum atomic E-state index is 9.52. The van der Waals surface area contributed by atoms with Gasteiger partial charge in [-0.05, 0) is 32.2 Å². The van der Waals surface area contributed by atoms with Crippen LogP contribution >= 0.6 is 9.24 Å². The maximum Gasteiger partial charge on any atom is 0.0897 e. The van der Waals surface area contributed by atoms with Gasteiger partial charge in [-0.2, -0.15) is 0 Å². The maximum absolute atomic E-state index is 9.52. The molecule has 9 fully saturated rings. The van der Waals surface area contributed by atoms with Crippen LogP contribution < -0.4 is 16.0 Å². The standard InChI is InChI=1S/2C8H18N2O3.C8H16N2O2.C7H14N2O.C6H13NO.C2H6O.CH4O.CH5P.2CH4/c11-5-7-3-10(2-1-9-7)4-8(13)6-12;11-5-7-3-9-1-2-10(7)4-8(13)6-12;11-6-7-3-9-1-2-10(7)5-8(12)4-9;10-6-7-5-8-1-3-9(7)4-2-8;8-5-6-2-1-3-7-4-6;1-2-3;2*1-2;;/h2*7-9,11-13H,1-6H2;7-8,11-12H,1-6H2;7,10H,1-6H2;6-8H,1-5H2;3H,2H2,1H3;2H,1H3;2H2,1H3;2*1H4/i;;;;;;;1D;;. The van der Waals surface area contributed by atoms with E-state index >= 15 is 0 Å². The van der Waals surface area contributed by atoms with Crippen molar-refractivity contribution in [3.63, 3.8) is 0 Å². The van der Waals surface area contributed by atoms with Gasteiger partial charge in [-0.15, -0.1) is 9.24 Å². The molecule has 9 aliphatic heterocycles. The Bertz CT molecular complexity index is 1030. The Labute approximate surface area is 397 Å². The number of nitrogens with one attached hydrogen (secondary N) is 3.